The van der Waals surface area contributed by atoms with Crippen molar-refractivity contribution in [3.05, 3.63) is 25.3 Å². The second-order valence-electron chi connectivity index (χ2n) is 1.11. The molecule has 0 fully saturated rings. The minimum absolute atomic E-state index is 0. The summed E-state index contributed by atoms with van der Waals surface area (Å²) in [5.41, 5.74) is 0. The average molecular weight is 138 g/mol. The summed E-state index contributed by atoms with van der Waals surface area (Å²) in [6, 6.07) is 0. The summed E-state index contributed by atoms with van der Waals surface area (Å²) in [4.78, 5) is 0. The summed E-state index contributed by atoms with van der Waals surface area (Å²) >= 11 is 1.82. The van der Waals surface area contributed by atoms with E-state index >= 15 is 0 Å². The van der Waals surface area contributed by atoms with Gasteiger partial charge in [0.15, 0.2) is 0 Å². The second kappa shape index (κ2) is 10.7. The maximum absolute atomic E-state index is 3.58. The number of rotatable bonds is 4. The van der Waals surface area contributed by atoms with Gasteiger partial charge in [0.2, 0.25) is 0 Å². The molecule has 0 saturated carbocycles. The first-order valence-electron chi connectivity index (χ1n) is 2.21. The van der Waals surface area contributed by atoms with E-state index in [0.29, 0.717) is 0 Å². The molecule has 0 atom stereocenters. The normalized spacial score (nSPS) is 7.00. The molecule has 0 bridgehead atoms. The first-order valence-corrected chi connectivity index (χ1v) is 3.37. The summed E-state index contributed by atoms with van der Waals surface area (Å²) in [5, 5.41) is 0. The van der Waals surface area contributed by atoms with Gasteiger partial charge in [-0.05, 0) is 0 Å². The van der Waals surface area contributed by atoms with Gasteiger partial charge in [-0.25, -0.2) is 0 Å². The Kier molecular flexibility index (Phi) is 15.6. The van der Waals surface area contributed by atoms with Gasteiger partial charge in [0, 0.05) is 11.5 Å². The molecule has 0 aliphatic carbocycles. The fraction of sp³-hybridized carbons (Fsp3) is 0.333. The minimum Gasteiger partial charge on any atom is -1.00 e. The molecule has 42 valence electrons. The van der Waals surface area contributed by atoms with Gasteiger partial charge >= 0.3 is 29.6 Å². The molecule has 0 rings (SSSR count). The van der Waals surface area contributed by atoms with Crippen molar-refractivity contribution in [2.75, 3.05) is 11.5 Å². The molecule has 0 aromatic rings. The molecular formula is C6H11NaS. The zero-order chi connectivity index (χ0) is 5.54. The van der Waals surface area contributed by atoms with Gasteiger partial charge in [-0.15, -0.1) is 13.2 Å². The molecule has 0 amide bonds. The Morgan fingerprint density at radius 1 is 1.25 bits per heavy atom. The quantitative estimate of drug-likeness (QED) is 0.279. The maximum atomic E-state index is 3.58. The van der Waals surface area contributed by atoms with Crippen molar-refractivity contribution < 1.29 is 31.0 Å². The third kappa shape index (κ3) is 9.95. The Labute approximate surface area is 79.2 Å². The van der Waals surface area contributed by atoms with Crippen LogP contribution in [-0.4, -0.2) is 11.5 Å². The van der Waals surface area contributed by atoms with Crippen LogP contribution >= 0.6 is 11.8 Å². The molecule has 0 radical (unpaired) electrons. The van der Waals surface area contributed by atoms with Crippen LogP contribution in [0.4, 0.5) is 0 Å². The third-order valence-corrected chi connectivity index (χ3v) is 1.41. The average Bonchev–Trinajstić information content (AvgIpc) is 1.69. The molecule has 0 aromatic heterocycles. The van der Waals surface area contributed by atoms with Gasteiger partial charge in [0.1, 0.15) is 0 Å². The van der Waals surface area contributed by atoms with Crippen LogP contribution in [-0.2, 0) is 0 Å². The van der Waals surface area contributed by atoms with Crippen LogP contribution in [0, 0.1) is 0 Å². The van der Waals surface area contributed by atoms with Crippen molar-refractivity contribution in [1.82, 2.24) is 0 Å². The van der Waals surface area contributed by atoms with Crippen LogP contribution in [0.3, 0.4) is 0 Å². The third-order valence-electron chi connectivity index (χ3n) is 0.471. The monoisotopic (exact) mass is 138 g/mol. The van der Waals surface area contributed by atoms with E-state index in [1.54, 1.807) is 0 Å². The molecule has 2 heteroatoms. The van der Waals surface area contributed by atoms with Crippen molar-refractivity contribution in [3.63, 3.8) is 0 Å². The SMILES string of the molecule is C=CCSCC=C.[H-].[Na+]. The number of thioether (sulfide) groups is 1. The van der Waals surface area contributed by atoms with Crippen LogP contribution in [0.5, 0.6) is 0 Å². The van der Waals surface area contributed by atoms with E-state index in [4.69, 9.17) is 0 Å². The summed E-state index contributed by atoms with van der Waals surface area (Å²) in [5.74, 6) is 2.07. The van der Waals surface area contributed by atoms with Gasteiger partial charge in [0.05, 0.1) is 0 Å². The molecule has 8 heavy (non-hydrogen) atoms. The van der Waals surface area contributed by atoms with Crippen molar-refractivity contribution >= 4 is 11.8 Å². The van der Waals surface area contributed by atoms with E-state index in [2.05, 4.69) is 13.2 Å². The molecule has 0 aliphatic rings. The number of hydrogen-bond donors (Lipinski definition) is 0. The van der Waals surface area contributed by atoms with E-state index in [9.17, 15) is 0 Å². The Balaban J connectivity index is -0.000000180. The molecule has 0 aromatic carbocycles. The fourth-order valence-corrected chi connectivity index (χ4v) is 0.704. The Morgan fingerprint density at radius 3 is 1.88 bits per heavy atom. The first kappa shape index (κ1) is 11.6. The van der Waals surface area contributed by atoms with Crippen molar-refractivity contribution in [3.8, 4) is 0 Å². The van der Waals surface area contributed by atoms with Crippen LogP contribution in [0.25, 0.3) is 0 Å². The summed E-state index contributed by atoms with van der Waals surface area (Å²) in [6.45, 7) is 7.15. The molecular weight excluding hydrogens is 127 g/mol. The topological polar surface area (TPSA) is 0 Å². The van der Waals surface area contributed by atoms with Crippen LogP contribution in [0.15, 0.2) is 25.3 Å². The van der Waals surface area contributed by atoms with Gasteiger partial charge in [-0.1, -0.05) is 12.2 Å². The second-order valence-corrected chi connectivity index (χ2v) is 2.19. The molecule has 0 N–H and O–H groups in total. The minimum atomic E-state index is 0. The molecule has 0 unspecified atom stereocenters. The van der Waals surface area contributed by atoms with Gasteiger partial charge in [-0.2, -0.15) is 11.8 Å². The predicted octanol–water partition coefficient (Wildman–Crippen LogP) is -0.792. The summed E-state index contributed by atoms with van der Waals surface area (Å²) in [6.07, 6.45) is 3.79. The Morgan fingerprint density at radius 2 is 1.62 bits per heavy atom. The summed E-state index contributed by atoms with van der Waals surface area (Å²) in [7, 11) is 0. The van der Waals surface area contributed by atoms with Crippen molar-refractivity contribution in [1.29, 1.82) is 0 Å². The molecule has 0 saturated heterocycles. The smallest absolute Gasteiger partial charge is 1.00 e. The Hall–Kier alpha value is 0.830. The van der Waals surface area contributed by atoms with Crippen LogP contribution in [0.2, 0.25) is 0 Å². The van der Waals surface area contributed by atoms with E-state index in [1.165, 1.54) is 0 Å². The summed E-state index contributed by atoms with van der Waals surface area (Å²) < 4.78 is 0. The molecule has 0 heterocycles. The van der Waals surface area contributed by atoms with Crippen LogP contribution < -0.4 is 29.6 Å². The standard InChI is InChI=1S/C6H10S.Na.H/c1-3-5-7-6-4-2;;/h3-4H,1-2,5-6H2;;/q;+1;-1. The first-order chi connectivity index (χ1) is 3.41. The zero-order valence-corrected chi connectivity index (χ0v) is 8.21. The van der Waals surface area contributed by atoms with Crippen molar-refractivity contribution in [2.45, 2.75) is 0 Å². The number of hydrogen-bond acceptors (Lipinski definition) is 1. The largest absolute Gasteiger partial charge is 1.00 e. The molecule has 0 aliphatic heterocycles. The van der Waals surface area contributed by atoms with Gasteiger partial charge in [-0.3, -0.25) is 0 Å². The molecule has 0 spiro atoms. The van der Waals surface area contributed by atoms with Crippen LogP contribution in [0.1, 0.15) is 1.43 Å². The molecule has 0 nitrogen and oxygen atoms in total. The van der Waals surface area contributed by atoms with E-state index in [0.717, 1.165) is 11.5 Å². The Bertz CT molecular complexity index is 58.1. The van der Waals surface area contributed by atoms with E-state index < -0.39 is 0 Å². The van der Waals surface area contributed by atoms with Crippen molar-refractivity contribution in [2.24, 2.45) is 0 Å². The van der Waals surface area contributed by atoms with E-state index in [-0.39, 0.29) is 31.0 Å². The fourth-order valence-electron chi connectivity index (χ4n) is 0.235. The van der Waals surface area contributed by atoms with E-state index in [1.807, 2.05) is 23.9 Å². The predicted molar refractivity (Wildman–Crippen MR) is 38.8 cm³/mol. The zero-order valence-electron chi connectivity index (χ0n) is 6.39. The van der Waals surface area contributed by atoms with Gasteiger partial charge in [0.25, 0.3) is 0 Å². The van der Waals surface area contributed by atoms with Gasteiger partial charge < -0.3 is 1.43 Å². The maximum Gasteiger partial charge on any atom is 1.00 e.